The summed E-state index contributed by atoms with van der Waals surface area (Å²) >= 11 is 3.58. The molecule has 1 saturated heterocycles. The number of methoxy groups -OCH3 is 1. The Kier molecular flexibility index (Phi) is 8.28. The van der Waals surface area contributed by atoms with Crippen molar-refractivity contribution in [2.75, 3.05) is 33.3 Å². The number of halogens is 1. The van der Waals surface area contributed by atoms with E-state index in [9.17, 15) is 4.79 Å². The zero-order valence-electron chi connectivity index (χ0n) is 17.3. The van der Waals surface area contributed by atoms with Crippen LogP contribution in [0.15, 0.2) is 45.9 Å². The summed E-state index contributed by atoms with van der Waals surface area (Å²) in [5, 5.41) is 0. The third-order valence-electron chi connectivity index (χ3n) is 5.11. The average molecular weight is 474 g/mol. The number of piperidine rings is 1. The first-order chi connectivity index (χ1) is 14.6. The molecule has 7 heteroatoms. The van der Waals surface area contributed by atoms with Gasteiger partial charge in [-0.2, -0.15) is 0 Å². The molecule has 2 aromatic carbocycles. The third-order valence-corrected chi connectivity index (χ3v) is 5.70. The Bertz CT molecular complexity index is 878. The largest absolute Gasteiger partial charge is 0.493 e. The molecule has 0 spiro atoms. The van der Waals surface area contributed by atoms with Gasteiger partial charge in [-0.15, -0.1) is 0 Å². The van der Waals surface area contributed by atoms with E-state index in [2.05, 4.69) is 25.8 Å². The Morgan fingerprint density at radius 3 is 2.60 bits per heavy atom. The number of carbonyl (C=O) groups is 1. The van der Waals surface area contributed by atoms with Crippen molar-refractivity contribution in [3.8, 4) is 11.5 Å². The van der Waals surface area contributed by atoms with Crippen LogP contribution in [0.2, 0.25) is 0 Å². The molecule has 2 N–H and O–H groups in total. The highest BCUT2D eigenvalue weighted by Gasteiger charge is 2.12. The first-order valence-electron chi connectivity index (χ1n) is 10.2. The smallest absolute Gasteiger partial charge is 0.248 e. The molecule has 0 radical (unpaired) electrons. The molecule has 160 valence electrons. The summed E-state index contributed by atoms with van der Waals surface area (Å²) in [6, 6.07) is 10.9. The van der Waals surface area contributed by atoms with Crippen LogP contribution in [0, 0.1) is 0 Å². The molecular formula is C23H28BrN3O3. The number of rotatable bonds is 9. The minimum absolute atomic E-state index is 0.345. The molecule has 1 amide bonds. The maximum absolute atomic E-state index is 11.2. The first-order valence-corrected chi connectivity index (χ1v) is 11.0. The van der Waals surface area contributed by atoms with E-state index in [1.54, 1.807) is 19.2 Å². The van der Waals surface area contributed by atoms with Crippen molar-refractivity contribution in [2.45, 2.75) is 25.9 Å². The molecule has 0 atom stereocenters. The SMILES string of the molecule is COc1cc(C=NCCN2CCCCC2)cc(Br)c1OCc1ccc(C(N)=O)cc1. The molecule has 2 aromatic rings. The average Bonchev–Trinajstić information content (AvgIpc) is 2.76. The van der Waals surface area contributed by atoms with E-state index in [0.29, 0.717) is 23.7 Å². The quantitative estimate of drug-likeness (QED) is 0.557. The van der Waals surface area contributed by atoms with Crippen LogP contribution in [0.25, 0.3) is 0 Å². The van der Waals surface area contributed by atoms with Crippen molar-refractivity contribution in [3.05, 3.63) is 57.6 Å². The fraction of sp³-hybridized carbons (Fsp3) is 0.391. The van der Waals surface area contributed by atoms with Crippen LogP contribution < -0.4 is 15.2 Å². The number of likely N-dealkylation sites (tertiary alicyclic amines) is 1. The minimum atomic E-state index is -0.444. The van der Waals surface area contributed by atoms with Gasteiger partial charge >= 0.3 is 0 Å². The summed E-state index contributed by atoms with van der Waals surface area (Å²) in [4.78, 5) is 18.2. The highest BCUT2D eigenvalue weighted by Crippen LogP contribution is 2.36. The molecule has 1 fully saturated rings. The predicted octanol–water partition coefficient (Wildman–Crippen LogP) is 4.04. The lowest BCUT2D eigenvalue weighted by Gasteiger charge is -2.25. The lowest BCUT2D eigenvalue weighted by atomic mass is 10.1. The van der Waals surface area contributed by atoms with E-state index in [-0.39, 0.29) is 0 Å². The number of benzene rings is 2. The van der Waals surface area contributed by atoms with Crippen LogP contribution in [0.5, 0.6) is 11.5 Å². The van der Waals surface area contributed by atoms with E-state index in [1.165, 1.54) is 32.4 Å². The molecule has 0 unspecified atom stereocenters. The van der Waals surface area contributed by atoms with Crippen LogP contribution >= 0.6 is 15.9 Å². The number of primary amides is 1. The van der Waals surface area contributed by atoms with Gasteiger partial charge in [0, 0.05) is 18.3 Å². The van der Waals surface area contributed by atoms with Gasteiger partial charge in [-0.1, -0.05) is 18.6 Å². The lowest BCUT2D eigenvalue weighted by Crippen LogP contribution is -2.31. The van der Waals surface area contributed by atoms with Gasteiger partial charge in [0.05, 0.1) is 18.1 Å². The van der Waals surface area contributed by atoms with Crippen molar-refractivity contribution >= 4 is 28.1 Å². The van der Waals surface area contributed by atoms with Crippen molar-refractivity contribution in [2.24, 2.45) is 10.7 Å². The molecule has 0 bridgehead atoms. The molecule has 6 nitrogen and oxygen atoms in total. The summed E-state index contributed by atoms with van der Waals surface area (Å²) in [7, 11) is 1.62. The summed E-state index contributed by atoms with van der Waals surface area (Å²) in [6.07, 6.45) is 5.82. The number of hydrogen-bond donors (Lipinski definition) is 1. The van der Waals surface area contributed by atoms with Gasteiger partial charge in [-0.3, -0.25) is 9.79 Å². The van der Waals surface area contributed by atoms with Gasteiger partial charge in [0.1, 0.15) is 6.61 Å². The van der Waals surface area contributed by atoms with Crippen LogP contribution in [0.3, 0.4) is 0 Å². The summed E-state index contributed by atoms with van der Waals surface area (Å²) in [6.45, 7) is 4.51. The zero-order valence-corrected chi connectivity index (χ0v) is 18.9. The number of carbonyl (C=O) groups excluding carboxylic acids is 1. The standard InChI is InChI=1S/C23H28BrN3O3/c1-29-21-14-18(15-26-9-12-27-10-3-2-4-11-27)13-20(24)22(21)30-16-17-5-7-19(8-6-17)23(25)28/h5-8,13-15H,2-4,9-12,16H2,1H3,(H2,25,28). The Balaban J connectivity index is 1.60. The molecule has 1 aliphatic rings. The topological polar surface area (TPSA) is 77.2 Å². The van der Waals surface area contributed by atoms with E-state index in [0.717, 1.165) is 28.7 Å². The maximum atomic E-state index is 11.2. The predicted molar refractivity (Wildman–Crippen MR) is 123 cm³/mol. The second-order valence-electron chi connectivity index (χ2n) is 7.32. The Morgan fingerprint density at radius 2 is 1.93 bits per heavy atom. The molecular weight excluding hydrogens is 446 g/mol. The summed E-state index contributed by atoms with van der Waals surface area (Å²) in [5.74, 6) is 0.817. The van der Waals surface area contributed by atoms with Gasteiger partial charge in [0.15, 0.2) is 11.5 Å². The number of hydrogen-bond acceptors (Lipinski definition) is 5. The lowest BCUT2D eigenvalue weighted by molar-refractivity contribution is 0.1000. The van der Waals surface area contributed by atoms with Crippen molar-refractivity contribution in [1.29, 1.82) is 0 Å². The highest BCUT2D eigenvalue weighted by molar-refractivity contribution is 9.10. The van der Waals surface area contributed by atoms with Crippen LogP contribution in [-0.2, 0) is 6.61 Å². The van der Waals surface area contributed by atoms with Crippen molar-refractivity contribution in [3.63, 3.8) is 0 Å². The number of nitrogens with two attached hydrogens (primary N) is 1. The van der Waals surface area contributed by atoms with Crippen molar-refractivity contribution in [1.82, 2.24) is 4.90 Å². The summed E-state index contributed by atoms with van der Waals surface area (Å²) < 4.78 is 12.3. The fourth-order valence-electron chi connectivity index (χ4n) is 3.43. The molecule has 0 aromatic heterocycles. The Morgan fingerprint density at radius 1 is 1.20 bits per heavy atom. The van der Waals surface area contributed by atoms with Crippen molar-refractivity contribution < 1.29 is 14.3 Å². The van der Waals surface area contributed by atoms with E-state index < -0.39 is 5.91 Å². The molecule has 1 heterocycles. The maximum Gasteiger partial charge on any atom is 0.248 e. The highest BCUT2D eigenvalue weighted by atomic mass is 79.9. The van der Waals surface area contributed by atoms with Gasteiger partial charge in [0.25, 0.3) is 0 Å². The normalized spacial score (nSPS) is 14.7. The van der Waals surface area contributed by atoms with Gasteiger partial charge in [-0.05, 0) is 77.3 Å². The minimum Gasteiger partial charge on any atom is -0.493 e. The molecule has 3 rings (SSSR count). The van der Waals surface area contributed by atoms with Gasteiger partial charge < -0.3 is 20.1 Å². The Labute approximate surface area is 186 Å². The second-order valence-corrected chi connectivity index (χ2v) is 8.18. The monoisotopic (exact) mass is 473 g/mol. The van der Waals surface area contributed by atoms with E-state index in [1.807, 2.05) is 30.5 Å². The van der Waals surface area contributed by atoms with Crippen LogP contribution in [-0.4, -0.2) is 50.3 Å². The number of nitrogens with zero attached hydrogens (tertiary/aromatic N) is 2. The molecule has 1 aliphatic heterocycles. The van der Waals surface area contributed by atoms with Gasteiger partial charge in [0.2, 0.25) is 5.91 Å². The third kappa shape index (κ3) is 6.31. The van der Waals surface area contributed by atoms with Crippen LogP contribution in [0.1, 0.15) is 40.7 Å². The van der Waals surface area contributed by atoms with E-state index >= 15 is 0 Å². The second kappa shape index (κ2) is 11.1. The fourth-order valence-corrected chi connectivity index (χ4v) is 4.00. The molecule has 0 saturated carbocycles. The molecule has 0 aliphatic carbocycles. The number of ether oxygens (including phenoxy) is 2. The number of amides is 1. The first kappa shape index (κ1) is 22.3. The Hall–Kier alpha value is -2.38. The van der Waals surface area contributed by atoms with E-state index in [4.69, 9.17) is 15.2 Å². The van der Waals surface area contributed by atoms with Crippen LogP contribution in [0.4, 0.5) is 0 Å². The number of aliphatic imine (C=N–C) groups is 1. The molecule has 30 heavy (non-hydrogen) atoms. The zero-order chi connectivity index (χ0) is 21.3. The summed E-state index contributed by atoms with van der Waals surface area (Å²) in [5.41, 5.74) is 7.63. The van der Waals surface area contributed by atoms with Gasteiger partial charge in [-0.25, -0.2) is 0 Å².